The Morgan fingerprint density at radius 2 is 1.88 bits per heavy atom. The lowest BCUT2D eigenvalue weighted by atomic mass is 10.1. The molecule has 0 aliphatic rings. The fourth-order valence-electron chi connectivity index (χ4n) is 2.37. The van der Waals surface area contributed by atoms with Crippen LogP contribution in [0.1, 0.15) is 19.4 Å². The second-order valence-electron chi connectivity index (χ2n) is 6.32. The molecule has 0 saturated heterocycles. The lowest BCUT2D eigenvalue weighted by Crippen LogP contribution is -2.25. The van der Waals surface area contributed by atoms with E-state index in [2.05, 4.69) is 9.97 Å². The van der Waals surface area contributed by atoms with Crippen LogP contribution in [0, 0.1) is 0 Å². The first-order chi connectivity index (χ1) is 11.6. The van der Waals surface area contributed by atoms with Gasteiger partial charge in [0.05, 0.1) is 35.1 Å². The maximum absolute atomic E-state index is 12.6. The molecule has 3 aromatic rings. The van der Waals surface area contributed by atoms with Gasteiger partial charge in [-0.2, -0.15) is 13.2 Å². The Labute approximate surface area is 141 Å². The van der Waals surface area contributed by atoms with Crippen LogP contribution in [-0.2, 0) is 12.7 Å². The third-order valence-corrected chi connectivity index (χ3v) is 3.44. The second kappa shape index (κ2) is 6.03. The summed E-state index contributed by atoms with van der Waals surface area (Å²) in [4.78, 5) is 7.93. The average molecular weight is 351 g/mol. The van der Waals surface area contributed by atoms with Crippen molar-refractivity contribution < 1.29 is 23.0 Å². The van der Waals surface area contributed by atoms with Gasteiger partial charge in [0, 0.05) is 18.3 Å². The van der Waals surface area contributed by atoms with Gasteiger partial charge in [-0.1, -0.05) is 0 Å². The van der Waals surface area contributed by atoms with E-state index >= 15 is 0 Å². The molecule has 0 aliphatic heterocycles. The van der Waals surface area contributed by atoms with E-state index in [1.54, 1.807) is 42.9 Å². The summed E-state index contributed by atoms with van der Waals surface area (Å²) < 4.78 is 45.0. The summed E-state index contributed by atoms with van der Waals surface area (Å²) >= 11 is 0. The number of hydrogen-bond donors (Lipinski definition) is 1. The van der Waals surface area contributed by atoms with Gasteiger partial charge in [0.25, 0.3) is 0 Å². The standard InChI is InChI=1S/C17H16F3N3O2/c1-16(2,24)9-23-10-22-13-5-4-12(7-14(13)23)25-15-6-3-11(8-21-15)17(18,19)20/h3-8,10,24H,9H2,1-2H3. The van der Waals surface area contributed by atoms with Crippen molar-refractivity contribution in [3.05, 3.63) is 48.4 Å². The molecule has 132 valence electrons. The topological polar surface area (TPSA) is 60.2 Å². The number of alkyl halides is 3. The van der Waals surface area contributed by atoms with Crippen molar-refractivity contribution in [3.8, 4) is 11.6 Å². The van der Waals surface area contributed by atoms with E-state index in [0.29, 0.717) is 12.3 Å². The highest BCUT2D eigenvalue weighted by Crippen LogP contribution is 2.30. The number of fused-ring (bicyclic) bond motifs is 1. The Hall–Kier alpha value is -2.61. The normalized spacial score (nSPS) is 12.6. The van der Waals surface area contributed by atoms with Crippen molar-refractivity contribution in [2.45, 2.75) is 32.2 Å². The Balaban J connectivity index is 1.85. The van der Waals surface area contributed by atoms with E-state index in [9.17, 15) is 18.3 Å². The molecule has 1 aromatic carbocycles. The van der Waals surface area contributed by atoms with Crippen LogP contribution >= 0.6 is 0 Å². The van der Waals surface area contributed by atoms with Gasteiger partial charge in [-0.05, 0) is 32.0 Å². The van der Waals surface area contributed by atoms with Crippen LogP contribution in [0.2, 0.25) is 0 Å². The van der Waals surface area contributed by atoms with Crippen molar-refractivity contribution >= 4 is 11.0 Å². The first-order valence-electron chi connectivity index (χ1n) is 7.50. The quantitative estimate of drug-likeness (QED) is 0.771. The molecule has 0 amide bonds. The molecule has 8 heteroatoms. The molecular formula is C17H16F3N3O2. The van der Waals surface area contributed by atoms with E-state index in [0.717, 1.165) is 23.3 Å². The minimum absolute atomic E-state index is 0.0564. The molecular weight excluding hydrogens is 335 g/mol. The number of nitrogens with zero attached hydrogens (tertiary/aromatic N) is 3. The van der Waals surface area contributed by atoms with Crippen LogP contribution in [0.5, 0.6) is 11.6 Å². The van der Waals surface area contributed by atoms with E-state index < -0.39 is 17.3 Å². The summed E-state index contributed by atoms with van der Waals surface area (Å²) in [5.74, 6) is 0.471. The Bertz CT molecular complexity index is 881. The highest BCUT2D eigenvalue weighted by molar-refractivity contribution is 5.77. The molecule has 3 rings (SSSR count). The summed E-state index contributed by atoms with van der Waals surface area (Å²) in [6.07, 6.45) is -2.09. The Morgan fingerprint density at radius 3 is 2.48 bits per heavy atom. The molecule has 0 radical (unpaired) electrons. The lowest BCUT2D eigenvalue weighted by molar-refractivity contribution is -0.137. The van der Waals surface area contributed by atoms with E-state index in [1.807, 2.05) is 0 Å². The molecule has 0 fully saturated rings. The molecule has 0 atom stereocenters. The van der Waals surface area contributed by atoms with Crippen molar-refractivity contribution in [1.29, 1.82) is 0 Å². The fraction of sp³-hybridized carbons (Fsp3) is 0.294. The highest BCUT2D eigenvalue weighted by atomic mass is 19.4. The van der Waals surface area contributed by atoms with Crippen LogP contribution in [0.3, 0.4) is 0 Å². The van der Waals surface area contributed by atoms with Crippen LogP contribution in [0.15, 0.2) is 42.9 Å². The number of benzene rings is 1. The van der Waals surface area contributed by atoms with Crippen LogP contribution in [0.4, 0.5) is 13.2 Å². The van der Waals surface area contributed by atoms with Crippen LogP contribution in [0.25, 0.3) is 11.0 Å². The fourth-order valence-corrected chi connectivity index (χ4v) is 2.37. The number of hydrogen-bond acceptors (Lipinski definition) is 4. The maximum atomic E-state index is 12.6. The molecule has 0 saturated carbocycles. The first-order valence-corrected chi connectivity index (χ1v) is 7.50. The van der Waals surface area contributed by atoms with Gasteiger partial charge in [0.15, 0.2) is 0 Å². The third-order valence-electron chi connectivity index (χ3n) is 3.44. The number of aliphatic hydroxyl groups is 1. The number of halogens is 3. The number of rotatable bonds is 4. The summed E-state index contributed by atoms with van der Waals surface area (Å²) in [6.45, 7) is 3.71. The molecule has 0 aliphatic carbocycles. The summed E-state index contributed by atoms with van der Waals surface area (Å²) in [5, 5.41) is 9.96. The molecule has 0 unspecified atom stereocenters. The minimum atomic E-state index is -4.44. The zero-order valence-corrected chi connectivity index (χ0v) is 13.6. The molecule has 0 spiro atoms. The molecule has 25 heavy (non-hydrogen) atoms. The van der Waals surface area contributed by atoms with Gasteiger partial charge in [-0.3, -0.25) is 0 Å². The van der Waals surface area contributed by atoms with Gasteiger partial charge in [0.1, 0.15) is 5.75 Å². The SMILES string of the molecule is CC(C)(O)Cn1cnc2ccc(Oc3ccc(C(F)(F)F)cn3)cc21. The monoisotopic (exact) mass is 351 g/mol. The third kappa shape index (κ3) is 4.08. The molecule has 0 bridgehead atoms. The molecule has 5 nitrogen and oxygen atoms in total. The predicted octanol–water partition coefficient (Wildman–Crippen LogP) is 4.01. The van der Waals surface area contributed by atoms with Gasteiger partial charge < -0.3 is 14.4 Å². The number of aromatic nitrogens is 3. The Morgan fingerprint density at radius 1 is 1.12 bits per heavy atom. The largest absolute Gasteiger partial charge is 0.439 e. The summed E-state index contributed by atoms with van der Waals surface area (Å²) in [7, 11) is 0. The number of ether oxygens (including phenoxy) is 1. The van der Waals surface area contributed by atoms with Crippen LogP contribution in [-0.4, -0.2) is 25.2 Å². The zero-order chi connectivity index (χ0) is 18.2. The summed E-state index contributed by atoms with van der Waals surface area (Å²) in [5.41, 5.74) is -0.290. The smallest absolute Gasteiger partial charge is 0.417 e. The van der Waals surface area contributed by atoms with Gasteiger partial charge in [-0.15, -0.1) is 0 Å². The van der Waals surface area contributed by atoms with Crippen molar-refractivity contribution in [2.75, 3.05) is 0 Å². The van der Waals surface area contributed by atoms with Gasteiger partial charge in [-0.25, -0.2) is 9.97 Å². The highest BCUT2D eigenvalue weighted by Gasteiger charge is 2.30. The Kier molecular flexibility index (Phi) is 4.16. The van der Waals surface area contributed by atoms with Crippen molar-refractivity contribution in [2.24, 2.45) is 0 Å². The van der Waals surface area contributed by atoms with E-state index in [-0.39, 0.29) is 5.88 Å². The number of pyridine rings is 1. The maximum Gasteiger partial charge on any atom is 0.417 e. The lowest BCUT2D eigenvalue weighted by Gasteiger charge is -2.18. The van der Waals surface area contributed by atoms with E-state index in [4.69, 9.17) is 4.74 Å². The van der Waals surface area contributed by atoms with Crippen LogP contribution < -0.4 is 4.74 Å². The number of imidazole rings is 1. The predicted molar refractivity (Wildman–Crippen MR) is 85.3 cm³/mol. The van der Waals surface area contributed by atoms with E-state index in [1.165, 1.54) is 6.07 Å². The molecule has 1 N–H and O–H groups in total. The second-order valence-corrected chi connectivity index (χ2v) is 6.32. The van der Waals surface area contributed by atoms with Crippen molar-refractivity contribution in [3.63, 3.8) is 0 Å². The average Bonchev–Trinajstić information content (AvgIpc) is 2.88. The van der Waals surface area contributed by atoms with Gasteiger partial charge in [0.2, 0.25) is 5.88 Å². The molecule has 2 heterocycles. The minimum Gasteiger partial charge on any atom is -0.439 e. The molecule has 2 aromatic heterocycles. The summed E-state index contributed by atoms with van der Waals surface area (Å²) in [6, 6.07) is 7.17. The van der Waals surface area contributed by atoms with Crippen molar-refractivity contribution in [1.82, 2.24) is 14.5 Å². The van der Waals surface area contributed by atoms with Gasteiger partial charge >= 0.3 is 6.18 Å². The zero-order valence-electron chi connectivity index (χ0n) is 13.6. The first kappa shape index (κ1) is 17.2.